The Hall–Kier alpha value is -3.38. The highest BCUT2D eigenvalue weighted by atomic mass is 19.1. The predicted octanol–water partition coefficient (Wildman–Crippen LogP) is 2.93. The zero-order chi connectivity index (χ0) is 22.5. The van der Waals surface area contributed by atoms with Crippen molar-refractivity contribution < 1.29 is 23.1 Å². The number of ether oxygens (including phenoxy) is 1. The van der Waals surface area contributed by atoms with Crippen molar-refractivity contribution in [3.05, 3.63) is 65.0 Å². The molecule has 2 aromatic rings. The molecule has 1 aromatic carbocycles. The number of benzene rings is 1. The van der Waals surface area contributed by atoms with E-state index < -0.39 is 29.5 Å². The Morgan fingerprint density at radius 2 is 1.91 bits per heavy atom. The van der Waals surface area contributed by atoms with Crippen LogP contribution in [0.5, 0.6) is 0 Å². The van der Waals surface area contributed by atoms with Gasteiger partial charge in [0.1, 0.15) is 29.6 Å². The van der Waals surface area contributed by atoms with E-state index in [1.54, 1.807) is 21.9 Å². The van der Waals surface area contributed by atoms with Crippen molar-refractivity contribution in [1.82, 2.24) is 14.8 Å². The summed E-state index contributed by atoms with van der Waals surface area (Å²) < 4.78 is 33.7. The number of amides is 2. The average molecular weight is 438 g/mol. The third-order valence-corrected chi connectivity index (χ3v) is 6.58. The van der Waals surface area contributed by atoms with Gasteiger partial charge in [-0.05, 0) is 42.7 Å². The van der Waals surface area contributed by atoms with Crippen molar-refractivity contribution in [3.8, 4) is 6.07 Å². The van der Waals surface area contributed by atoms with E-state index in [2.05, 4.69) is 4.98 Å². The maximum absolute atomic E-state index is 13.7. The van der Waals surface area contributed by atoms with Crippen LogP contribution in [0.4, 0.5) is 8.78 Å². The molecule has 4 heterocycles. The highest BCUT2D eigenvalue weighted by molar-refractivity contribution is 5.95. The topological polar surface area (TPSA) is 86.5 Å². The van der Waals surface area contributed by atoms with Crippen molar-refractivity contribution in [2.75, 3.05) is 13.1 Å². The fraction of sp³-hybridized carbons (Fsp3) is 0.391. The molecule has 164 valence electrons. The van der Waals surface area contributed by atoms with Crippen LogP contribution in [-0.2, 0) is 9.53 Å². The van der Waals surface area contributed by atoms with Crippen molar-refractivity contribution in [2.45, 2.75) is 43.6 Å². The number of rotatable bonds is 2. The average Bonchev–Trinajstić information content (AvgIpc) is 3.31. The predicted molar refractivity (Wildman–Crippen MR) is 107 cm³/mol. The number of nitriles is 1. The van der Waals surface area contributed by atoms with E-state index in [1.807, 2.05) is 6.07 Å². The highest BCUT2D eigenvalue weighted by Crippen LogP contribution is 2.47. The molecule has 0 N–H and O–H groups in total. The lowest BCUT2D eigenvalue weighted by molar-refractivity contribution is -0.142. The number of aromatic nitrogens is 1. The Morgan fingerprint density at radius 1 is 1.19 bits per heavy atom. The number of halogens is 2. The van der Waals surface area contributed by atoms with Crippen LogP contribution in [0.15, 0.2) is 36.5 Å². The Bertz CT molecular complexity index is 1120. The maximum atomic E-state index is 13.7. The van der Waals surface area contributed by atoms with E-state index in [-0.39, 0.29) is 36.2 Å². The summed E-state index contributed by atoms with van der Waals surface area (Å²) in [7, 11) is 0. The second-order valence-corrected chi connectivity index (χ2v) is 8.38. The van der Waals surface area contributed by atoms with Crippen LogP contribution in [0.3, 0.4) is 0 Å². The molecule has 0 aliphatic carbocycles. The monoisotopic (exact) mass is 438 g/mol. The molecule has 3 aliphatic heterocycles. The normalized spacial score (nSPS) is 24.0. The largest absolute Gasteiger partial charge is 0.342 e. The third-order valence-electron chi connectivity index (χ3n) is 6.58. The molecule has 3 saturated heterocycles. The summed E-state index contributed by atoms with van der Waals surface area (Å²) >= 11 is 0. The molecule has 1 spiro atoms. The van der Waals surface area contributed by atoms with Gasteiger partial charge in [0.05, 0.1) is 11.6 Å². The van der Waals surface area contributed by atoms with Gasteiger partial charge in [0.15, 0.2) is 5.60 Å². The lowest BCUT2D eigenvalue weighted by Crippen LogP contribution is -2.51. The smallest absolute Gasteiger partial charge is 0.273 e. The van der Waals surface area contributed by atoms with Gasteiger partial charge in [-0.2, -0.15) is 5.26 Å². The number of fused-ring (bicyclic) bond motifs is 1. The SMILES string of the molecule is N#Cc1cccnc1C(=O)N1CCC2(CC1)O[C@@H]1CC[C@@H](c3cc(F)cc(F)c3)N1C2=O. The molecule has 0 unspecified atom stereocenters. The Kier molecular flexibility index (Phi) is 4.90. The van der Waals surface area contributed by atoms with Gasteiger partial charge in [-0.25, -0.2) is 13.8 Å². The van der Waals surface area contributed by atoms with Crippen LogP contribution in [0, 0.1) is 23.0 Å². The number of hydrogen-bond donors (Lipinski definition) is 0. The van der Waals surface area contributed by atoms with Gasteiger partial charge in [0.2, 0.25) is 0 Å². The van der Waals surface area contributed by atoms with Crippen LogP contribution in [0.25, 0.3) is 0 Å². The lowest BCUT2D eigenvalue weighted by atomic mass is 9.89. The summed E-state index contributed by atoms with van der Waals surface area (Å²) in [5.74, 6) is -1.90. The van der Waals surface area contributed by atoms with E-state index in [4.69, 9.17) is 4.74 Å². The first kappa shape index (κ1) is 20.5. The van der Waals surface area contributed by atoms with Gasteiger partial charge in [-0.3, -0.25) is 9.59 Å². The van der Waals surface area contributed by atoms with Gasteiger partial charge in [0.25, 0.3) is 11.8 Å². The molecule has 0 saturated carbocycles. The summed E-state index contributed by atoms with van der Waals surface area (Å²) in [5, 5.41) is 9.23. The van der Waals surface area contributed by atoms with Crippen molar-refractivity contribution in [1.29, 1.82) is 5.26 Å². The van der Waals surface area contributed by atoms with Crippen molar-refractivity contribution in [2.24, 2.45) is 0 Å². The van der Waals surface area contributed by atoms with Crippen LogP contribution in [0.1, 0.15) is 53.3 Å². The number of carbonyl (C=O) groups is 2. The molecule has 2 atom stereocenters. The molecule has 32 heavy (non-hydrogen) atoms. The van der Waals surface area contributed by atoms with Crippen LogP contribution < -0.4 is 0 Å². The molecule has 3 fully saturated rings. The third kappa shape index (κ3) is 3.22. The van der Waals surface area contributed by atoms with Gasteiger partial charge >= 0.3 is 0 Å². The summed E-state index contributed by atoms with van der Waals surface area (Å²) in [6.07, 6.45) is 2.79. The fourth-order valence-electron chi connectivity index (χ4n) is 5.03. The maximum Gasteiger partial charge on any atom is 0.273 e. The first-order valence-corrected chi connectivity index (χ1v) is 10.5. The van der Waals surface area contributed by atoms with Crippen LogP contribution >= 0.6 is 0 Å². The standard InChI is InChI=1S/C23H20F2N4O3/c24-16-10-15(11-17(25)12-16)18-3-4-19-29(18)22(31)23(32-19)5-8-28(9-6-23)21(30)20-14(13-26)2-1-7-27-20/h1-2,7,10-12,18-19H,3-6,8-9H2/t18-,19+/m0/s1. The van der Waals surface area contributed by atoms with E-state index in [1.165, 1.54) is 18.3 Å². The second kappa shape index (κ2) is 7.64. The number of piperidine rings is 1. The van der Waals surface area contributed by atoms with Gasteiger partial charge in [-0.15, -0.1) is 0 Å². The molecular formula is C23H20F2N4O3. The molecule has 5 rings (SSSR count). The highest BCUT2D eigenvalue weighted by Gasteiger charge is 2.58. The Labute approximate surface area is 183 Å². The van der Waals surface area contributed by atoms with Crippen molar-refractivity contribution in [3.63, 3.8) is 0 Å². The molecule has 3 aliphatic rings. The van der Waals surface area contributed by atoms with E-state index in [9.17, 15) is 23.6 Å². The molecule has 9 heteroatoms. The van der Waals surface area contributed by atoms with Crippen molar-refractivity contribution >= 4 is 11.8 Å². The summed E-state index contributed by atoms with van der Waals surface area (Å²) in [5.41, 5.74) is -0.324. The number of hydrogen-bond acceptors (Lipinski definition) is 5. The molecule has 7 nitrogen and oxygen atoms in total. The minimum absolute atomic E-state index is 0.0958. The minimum atomic E-state index is -1.05. The van der Waals surface area contributed by atoms with Gasteiger partial charge in [-0.1, -0.05) is 0 Å². The quantitative estimate of drug-likeness (QED) is 0.720. The van der Waals surface area contributed by atoms with Crippen LogP contribution in [-0.4, -0.2) is 51.5 Å². The lowest BCUT2D eigenvalue weighted by Gasteiger charge is -2.37. The first-order chi connectivity index (χ1) is 15.4. The Balaban J connectivity index is 1.32. The summed E-state index contributed by atoms with van der Waals surface area (Å²) in [6.45, 7) is 0.567. The Morgan fingerprint density at radius 3 is 2.59 bits per heavy atom. The second-order valence-electron chi connectivity index (χ2n) is 8.38. The number of nitrogens with zero attached hydrogens (tertiary/aromatic N) is 4. The minimum Gasteiger partial charge on any atom is -0.342 e. The molecular weight excluding hydrogens is 418 g/mol. The zero-order valence-corrected chi connectivity index (χ0v) is 17.1. The molecule has 0 bridgehead atoms. The molecule has 1 aromatic heterocycles. The number of carbonyl (C=O) groups excluding carboxylic acids is 2. The summed E-state index contributed by atoms with van der Waals surface area (Å²) in [6, 6.07) is 8.00. The van der Waals surface area contributed by atoms with E-state index >= 15 is 0 Å². The number of likely N-dealkylation sites (tertiary alicyclic amines) is 1. The van der Waals surface area contributed by atoms with Gasteiger partial charge < -0.3 is 14.5 Å². The fourth-order valence-corrected chi connectivity index (χ4v) is 5.03. The van der Waals surface area contributed by atoms with E-state index in [0.717, 1.165) is 6.07 Å². The zero-order valence-electron chi connectivity index (χ0n) is 17.1. The van der Waals surface area contributed by atoms with E-state index in [0.29, 0.717) is 31.2 Å². The molecule has 0 radical (unpaired) electrons. The first-order valence-electron chi connectivity index (χ1n) is 10.5. The van der Waals surface area contributed by atoms with Crippen LogP contribution in [0.2, 0.25) is 0 Å². The van der Waals surface area contributed by atoms with Gasteiger partial charge in [0, 0.05) is 38.2 Å². The summed E-state index contributed by atoms with van der Waals surface area (Å²) in [4.78, 5) is 33.5. The number of pyridine rings is 1. The molecule has 2 amide bonds.